The average molecular weight is 311 g/mol. The maximum atomic E-state index is 4.58. The van der Waals surface area contributed by atoms with E-state index < -0.39 is 0 Å². The van der Waals surface area contributed by atoms with Crippen molar-refractivity contribution in [2.45, 2.75) is 26.8 Å². The Morgan fingerprint density at radius 3 is 2.59 bits per heavy atom. The van der Waals surface area contributed by atoms with Gasteiger partial charge in [0.2, 0.25) is 0 Å². The number of thiazole rings is 1. The van der Waals surface area contributed by atoms with Crippen LogP contribution in [0.1, 0.15) is 28.5 Å². The summed E-state index contributed by atoms with van der Waals surface area (Å²) in [7, 11) is 0. The van der Waals surface area contributed by atoms with E-state index in [9.17, 15) is 0 Å². The lowest BCUT2D eigenvalue weighted by Crippen LogP contribution is -2.08. The maximum Gasteiger partial charge on any atom is 0.0901 e. The molecule has 2 nitrogen and oxygen atoms in total. The molecule has 0 saturated carbocycles. The normalized spacial score (nSPS) is 12.5. The molecule has 0 aliphatic rings. The van der Waals surface area contributed by atoms with Crippen LogP contribution in [0.2, 0.25) is 0 Å². The Morgan fingerprint density at radius 1 is 1.29 bits per heavy atom. The van der Waals surface area contributed by atoms with Crippen molar-refractivity contribution in [1.29, 1.82) is 0 Å². The predicted molar refractivity (Wildman–Crippen MR) is 77.8 cm³/mol. The van der Waals surface area contributed by atoms with E-state index in [0.29, 0.717) is 0 Å². The number of benzene rings is 1. The second-order valence-corrected chi connectivity index (χ2v) is 6.28. The third-order valence-corrected chi connectivity index (χ3v) is 4.19. The van der Waals surface area contributed by atoms with Crippen molar-refractivity contribution in [1.82, 2.24) is 4.98 Å². The van der Waals surface area contributed by atoms with Gasteiger partial charge in [0, 0.05) is 15.0 Å². The molecule has 0 bridgehead atoms. The summed E-state index contributed by atoms with van der Waals surface area (Å²) >= 11 is 5.29. The van der Waals surface area contributed by atoms with Gasteiger partial charge in [0.1, 0.15) is 0 Å². The van der Waals surface area contributed by atoms with Crippen LogP contribution >= 0.6 is 27.3 Å². The van der Waals surface area contributed by atoms with Crippen LogP contribution in [0.3, 0.4) is 0 Å². The molecule has 0 saturated heterocycles. The number of nitrogens with zero attached hydrogens (tertiary/aromatic N) is 1. The van der Waals surface area contributed by atoms with Crippen molar-refractivity contribution in [3.63, 3.8) is 0 Å². The van der Waals surface area contributed by atoms with Crippen LogP contribution in [0.25, 0.3) is 0 Å². The zero-order valence-electron chi connectivity index (χ0n) is 10.1. The van der Waals surface area contributed by atoms with Crippen LogP contribution in [-0.4, -0.2) is 4.98 Å². The predicted octanol–water partition coefficient (Wildman–Crippen LogP) is 4.70. The largest absolute Gasteiger partial charge is 0.376 e. The molecule has 0 spiro atoms. The highest BCUT2D eigenvalue weighted by molar-refractivity contribution is 9.10. The highest BCUT2D eigenvalue weighted by Gasteiger charge is 2.13. The number of nitrogens with one attached hydrogen (secondary N) is 1. The molecule has 1 aromatic carbocycles. The summed E-state index contributed by atoms with van der Waals surface area (Å²) in [6.07, 6.45) is 0. The molecule has 2 aromatic rings. The number of hydrogen-bond donors (Lipinski definition) is 1. The Balaban J connectivity index is 2.20. The van der Waals surface area contributed by atoms with Gasteiger partial charge in [0.05, 0.1) is 16.7 Å². The molecule has 17 heavy (non-hydrogen) atoms. The third-order valence-electron chi connectivity index (χ3n) is 2.60. The first-order valence-electron chi connectivity index (χ1n) is 5.53. The van der Waals surface area contributed by atoms with Crippen molar-refractivity contribution in [3.8, 4) is 0 Å². The first-order valence-corrected chi connectivity index (χ1v) is 7.14. The first kappa shape index (κ1) is 12.6. The van der Waals surface area contributed by atoms with Crippen molar-refractivity contribution in [3.05, 3.63) is 44.3 Å². The van der Waals surface area contributed by atoms with Crippen molar-refractivity contribution >= 4 is 33.0 Å². The van der Waals surface area contributed by atoms with E-state index in [1.165, 1.54) is 4.88 Å². The number of halogens is 1. The molecule has 0 aliphatic heterocycles. The van der Waals surface area contributed by atoms with Crippen LogP contribution in [-0.2, 0) is 0 Å². The minimum absolute atomic E-state index is 0.221. The number of rotatable bonds is 3. The van der Waals surface area contributed by atoms with E-state index in [2.05, 4.69) is 46.1 Å². The molecular formula is C13H15BrN2S. The van der Waals surface area contributed by atoms with E-state index in [1.807, 2.05) is 25.1 Å². The molecule has 1 atom stereocenters. The number of anilines is 1. The van der Waals surface area contributed by atoms with Gasteiger partial charge in [-0.05, 0) is 48.8 Å². The van der Waals surface area contributed by atoms with Gasteiger partial charge >= 0.3 is 0 Å². The Kier molecular flexibility index (Phi) is 3.84. The molecular weight excluding hydrogens is 296 g/mol. The van der Waals surface area contributed by atoms with Crippen LogP contribution in [0.15, 0.2) is 28.7 Å². The molecule has 0 fully saturated rings. The number of aryl methyl sites for hydroxylation is 2. The minimum atomic E-state index is 0.221. The number of para-hydroxylation sites is 1. The number of hydrogen-bond acceptors (Lipinski definition) is 3. The molecule has 1 N–H and O–H groups in total. The maximum absolute atomic E-state index is 4.58. The van der Waals surface area contributed by atoms with E-state index in [0.717, 1.165) is 20.9 Å². The summed E-state index contributed by atoms with van der Waals surface area (Å²) in [5.74, 6) is 0. The molecule has 0 aliphatic carbocycles. The van der Waals surface area contributed by atoms with Gasteiger partial charge in [0.15, 0.2) is 0 Å². The van der Waals surface area contributed by atoms with Crippen molar-refractivity contribution in [2.75, 3.05) is 5.32 Å². The van der Waals surface area contributed by atoms with E-state index in [-0.39, 0.29) is 6.04 Å². The molecule has 4 heteroatoms. The highest BCUT2D eigenvalue weighted by Crippen LogP contribution is 2.28. The van der Waals surface area contributed by atoms with Crippen molar-refractivity contribution in [2.24, 2.45) is 0 Å². The Bertz CT molecular complexity index is 522. The monoisotopic (exact) mass is 310 g/mol. The zero-order valence-corrected chi connectivity index (χ0v) is 12.5. The Morgan fingerprint density at radius 2 is 2.00 bits per heavy atom. The zero-order chi connectivity index (χ0) is 12.4. The summed E-state index contributed by atoms with van der Waals surface area (Å²) in [5, 5.41) is 4.60. The standard InChI is InChI=1S/C13H15BrN2S/c1-8(13-9(2)17-10(3)16-13)15-12-7-5-4-6-11(12)14/h4-8,15H,1-3H3. The van der Waals surface area contributed by atoms with E-state index in [1.54, 1.807) is 11.3 Å². The SMILES string of the molecule is Cc1nc(C(C)Nc2ccccc2Br)c(C)s1. The summed E-state index contributed by atoms with van der Waals surface area (Å²) in [6, 6.07) is 8.36. The summed E-state index contributed by atoms with van der Waals surface area (Å²) in [5.41, 5.74) is 2.24. The van der Waals surface area contributed by atoms with E-state index >= 15 is 0 Å². The van der Waals surface area contributed by atoms with Gasteiger partial charge in [-0.2, -0.15) is 0 Å². The second-order valence-electron chi connectivity index (χ2n) is 4.02. The fourth-order valence-corrected chi connectivity index (χ4v) is 3.14. The van der Waals surface area contributed by atoms with Crippen molar-refractivity contribution < 1.29 is 0 Å². The molecule has 0 amide bonds. The van der Waals surface area contributed by atoms with Crippen LogP contribution in [0, 0.1) is 13.8 Å². The van der Waals surface area contributed by atoms with E-state index in [4.69, 9.17) is 0 Å². The second kappa shape index (κ2) is 5.19. The lowest BCUT2D eigenvalue weighted by Gasteiger charge is -2.15. The highest BCUT2D eigenvalue weighted by atomic mass is 79.9. The first-order chi connectivity index (χ1) is 8.08. The van der Waals surface area contributed by atoms with Gasteiger partial charge < -0.3 is 5.32 Å². The lowest BCUT2D eigenvalue weighted by molar-refractivity contribution is 0.836. The Hall–Kier alpha value is -0.870. The molecule has 2 rings (SSSR count). The molecule has 1 unspecified atom stereocenters. The van der Waals surface area contributed by atoms with Gasteiger partial charge in [-0.15, -0.1) is 11.3 Å². The number of aromatic nitrogens is 1. The molecule has 90 valence electrons. The fourth-order valence-electron chi connectivity index (χ4n) is 1.83. The summed E-state index contributed by atoms with van der Waals surface area (Å²) < 4.78 is 1.08. The van der Waals surface area contributed by atoms with Gasteiger partial charge in [-0.1, -0.05) is 12.1 Å². The third kappa shape index (κ3) is 2.87. The van der Waals surface area contributed by atoms with Gasteiger partial charge in [0.25, 0.3) is 0 Å². The lowest BCUT2D eigenvalue weighted by atomic mass is 10.2. The summed E-state index contributed by atoms with van der Waals surface area (Å²) in [4.78, 5) is 5.86. The van der Waals surface area contributed by atoms with Gasteiger partial charge in [-0.25, -0.2) is 4.98 Å². The smallest absolute Gasteiger partial charge is 0.0901 e. The fraction of sp³-hybridized carbons (Fsp3) is 0.308. The van der Waals surface area contributed by atoms with Crippen LogP contribution in [0.4, 0.5) is 5.69 Å². The average Bonchev–Trinajstić information content (AvgIpc) is 2.61. The van der Waals surface area contributed by atoms with Gasteiger partial charge in [-0.3, -0.25) is 0 Å². The van der Waals surface area contributed by atoms with Crippen LogP contribution in [0.5, 0.6) is 0 Å². The topological polar surface area (TPSA) is 24.9 Å². The Labute approximate surface area is 114 Å². The minimum Gasteiger partial charge on any atom is -0.376 e. The molecule has 0 radical (unpaired) electrons. The molecule has 1 heterocycles. The molecule has 1 aromatic heterocycles. The quantitative estimate of drug-likeness (QED) is 0.889. The summed E-state index contributed by atoms with van der Waals surface area (Å²) in [6.45, 7) is 6.31. The van der Waals surface area contributed by atoms with Crippen LogP contribution < -0.4 is 5.32 Å².